The van der Waals surface area contributed by atoms with Crippen LogP contribution in [0.15, 0.2) is 0 Å². The van der Waals surface area contributed by atoms with E-state index in [1.807, 2.05) is 0 Å². The molecular formula is C22H50N2O5S. The van der Waals surface area contributed by atoms with Crippen LogP contribution in [0.5, 0.6) is 0 Å². The fourth-order valence-electron chi connectivity index (χ4n) is 2.77. The predicted molar refractivity (Wildman–Crippen MR) is 120 cm³/mol. The van der Waals surface area contributed by atoms with Crippen LogP contribution < -0.4 is 16.6 Å². The number of hydrogen-bond donors (Lipinski definition) is 2. The fourth-order valence-corrected chi connectivity index (χ4v) is 3.05. The molecule has 0 aromatic rings. The molecule has 184 valence electrons. The number of quaternary nitrogens is 2. The van der Waals surface area contributed by atoms with E-state index in [9.17, 15) is 22.9 Å². The number of unbranched alkanes of at least 4 members (excludes halogenated alkanes) is 14. The molecule has 0 unspecified atom stereocenters. The maximum atomic E-state index is 9.47. The van der Waals surface area contributed by atoms with Crippen molar-refractivity contribution in [3.05, 3.63) is 0 Å². The first kappa shape index (κ1) is 33.9. The summed E-state index contributed by atoms with van der Waals surface area (Å²) in [6, 6.07) is 0. The van der Waals surface area contributed by atoms with Crippen LogP contribution in [0.1, 0.15) is 117 Å². The Bertz CT molecular complexity index is 397. The van der Waals surface area contributed by atoms with Crippen LogP contribution in [0.4, 0.5) is 0 Å². The Balaban J connectivity index is -0.000000370. The normalized spacial score (nSPS) is 10.6. The molecular weight excluding hydrogens is 404 g/mol. The molecule has 0 saturated carbocycles. The second-order valence-corrected chi connectivity index (χ2v) is 9.13. The number of aliphatic carboxylic acids is 1. The van der Waals surface area contributed by atoms with E-state index < -0.39 is 21.8 Å². The third-order valence-electron chi connectivity index (χ3n) is 4.50. The lowest BCUT2D eigenvalue weighted by Gasteiger charge is -2.04. The van der Waals surface area contributed by atoms with Crippen molar-refractivity contribution in [2.24, 2.45) is 0 Å². The van der Waals surface area contributed by atoms with Gasteiger partial charge in [-0.15, -0.1) is 0 Å². The molecule has 0 bridgehead atoms. The molecule has 0 rings (SSSR count). The number of hydrogen-bond acceptors (Lipinski definition) is 5. The van der Waals surface area contributed by atoms with Gasteiger partial charge in [0, 0.05) is 0 Å². The highest BCUT2D eigenvalue weighted by Gasteiger charge is 1.92. The summed E-state index contributed by atoms with van der Waals surface area (Å²) in [5.74, 6) is -3.33. The van der Waals surface area contributed by atoms with Crippen LogP contribution in [0.2, 0.25) is 0 Å². The summed E-state index contributed by atoms with van der Waals surface area (Å²) in [7, 11) is -4.64. The van der Waals surface area contributed by atoms with Crippen LogP contribution in [-0.4, -0.2) is 37.8 Å². The number of carbonyl (C=O) groups is 1. The van der Waals surface area contributed by atoms with Crippen molar-refractivity contribution in [3.8, 4) is 0 Å². The Morgan fingerprint density at radius 3 is 1.07 bits per heavy atom. The third-order valence-corrected chi connectivity index (χ3v) is 5.09. The van der Waals surface area contributed by atoms with Crippen LogP contribution in [0.25, 0.3) is 0 Å². The number of rotatable bonds is 18. The molecule has 0 heterocycles. The highest BCUT2D eigenvalue weighted by Crippen LogP contribution is 2.08. The summed E-state index contributed by atoms with van der Waals surface area (Å²) in [5, 5.41) is 9.32. The molecule has 0 amide bonds. The van der Waals surface area contributed by atoms with Gasteiger partial charge in [-0.05, 0) is 25.7 Å². The first-order chi connectivity index (χ1) is 14.2. The summed E-state index contributed by atoms with van der Waals surface area (Å²) in [6.07, 6.45) is 22.6. The standard InChI is InChI=1S/2C10H23N.C2H4O5S/c2*1-2-3-4-5-6-7-8-9-10-11;3-2(4)1-8(5,6)7/h2*2-11H2,1H3;1H2,(H,3,4)(H,5,6,7). The average Bonchev–Trinajstić information content (AvgIpc) is 2.66. The van der Waals surface area contributed by atoms with Gasteiger partial charge >= 0.3 is 0 Å². The Hall–Kier alpha value is -0.700. The lowest BCUT2D eigenvalue weighted by atomic mass is 10.1. The molecule has 0 aromatic heterocycles. The Morgan fingerprint density at radius 2 is 0.900 bits per heavy atom. The van der Waals surface area contributed by atoms with Crippen LogP contribution in [-0.2, 0) is 14.9 Å². The maximum Gasteiger partial charge on any atom is 0.100 e. The number of carbonyl (C=O) groups excluding carboxylic acids is 1. The lowest BCUT2D eigenvalue weighted by molar-refractivity contribution is -0.368. The monoisotopic (exact) mass is 454 g/mol. The smallest absolute Gasteiger partial charge is 0.100 e. The summed E-state index contributed by atoms with van der Waals surface area (Å²) in [6.45, 7) is 6.77. The highest BCUT2D eigenvalue weighted by molar-refractivity contribution is 7.86. The van der Waals surface area contributed by atoms with Crippen molar-refractivity contribution in [2.75, 3.05) is 18.8 Å². The van der Waals surface area contributed by atoms with Gasteiger partial charge in [0.1, 0.15) is 10.1 Å². The van der Waals surface area contributed by atoms with Gasteiger partial charge in [-0.3, -0.25) is 0 Å². The van der Waals surface area contributed by atoms with Crippen LogP contribution in [0.3, 0.4) is 0 Å². The maximum absolute atomic E-state index is 9.47. The van der Waals surface area contributed by atoms with Gasteiger partial charge in [-0.1, -0.05) is 90.9 Å². The minimum Gasteiger partial charge on any atom is -0.748 e. The molecule has 0 spiro atoms. The summed E-state index contributed by atoms with van der Waals surface area (Å²) < 4.78 is 28.4. The largest absolute Gasteiger partial charge is 0.748 e. The third kappa shape index (κ3) is 45.8. The van der Waals surface area contributed by atoms with E-state index in [0.29, 0.717) is 0 Å². The fraction of sp³-hybridized carbons (Fsp3) is 0.955. The van der Waals surface area contributed by atoms with Crippen molar-refractivity contribution < 1.29 is 34.3 Å². The number of carboxylic acid groups (broad SMARTS) is 1. The van der Waals surface area contributed by atoms with Gasteiger partial charge in [0.25, 0.3) is 0 Å². The second kappa shape index (κ2) is 28.3. The van der Waals surface area contributed by atoms with E-state index in [-0.39, 0.29) is 0 Å². The molecule has 0 aromatic carbocycles. The molecule has 0 aliphatic carbocycles. The topological polar surface area (TPSA) is 153 Å². The zero-order valence-corrected chi connectivity index (χ0v) is 20.6. The Kier molecular flexibility index (Phi) is 32.0. The Labute approximate surface area is 186 Å². The second-order valence-electron chi connectivity index (χ2n) is 7.73. The van der Waals surface area contributed by atoms with Crippen LogP contribution in [0, 0.1) is 0 Å². The minimum absolute atomic E-state index is 1.12. The molecule has 0 aliphatic heterocycles. The van der Waals surface area contributed by atoms with Gasteiger partial charge in [0.2, 0.25) is 0 Å². The van der Waals surface area contributed by atoms with Gasteiger partial charge in [-0.2, -0.15) is 0 Å². The van der Waals surface area contributed by atoms with E-state index in [1.165, 1.54) is 103 Å². The minimum atomic E-state index is -4.64. The van der Waals surface area contributed by atoms with E-state index in [2.05, 4.69) is 25.3 Å². The van der Waals surface area contributed by atoms with E-state index in [4.69, 9.17) is 0 Å². The summed E-state index contributed by atoms with van der Waals surface area (Å²) in [5.41, 5.74) is 7.67. The predicted octanol–water partition coefficient (Wildman–Crippen LogP) is 2.02. The molecule has 8 heteroatoms. The quantitative estimate of drug-likeness (QED) is 0.240. The molecule has 30 heavy (non-hydrogen) atoms. The van der Waals surface area contributed by atoms with Crippen LogP contribution >= 0.6 is 0 Å². The zero-order valence-electron chi connectivity index (χ0n) is 19.8. The molecule has 0 radical (unpaired) electrons. The van der Waals surface area contributed by atoms with Gasteiger partial charge < -0.3 is 25.9 Å². The van der Waals surface area contributed by atoms with E-state index in [0.717, 1.165) is 13.1 Å². The molecule has 6 N–H and O–H groups in total. The molecule has 0 fully saturated rings. The van der Waals surface area contributed by atoms with Gasteiger partial charge in [-0.25, -0.2) is 8.42 Å². The van der Waals surface area contributed by atoms with Crippen molar-refractivity contribution in [2.45, 2.75) is 117 Å². The lowest BCUT2D eigenvalue weighted by Crippen LogP contribution is -2.50. The molecule has 0 aliphatic rings. The van der Waals surface area contributed by atoms with Gasteiger partial charge in [0.15, 0.2) is 0 Å². The van der Waals surface area contributed by atoms with E-state index >= 15 is 0 Å². The summed E-state index contributed by atoms with van der Waals surface area (Å²) in [4.78, 5) is 9.32. The van der Waals surface area contributed by atoms with Crippen molar-refractivity contribution >= 4 is 16.1 Å². The van der Waals surface area contributed by atoms with Gasteiger partial charge in [0.05, 0.1) is 24.8 Å². The highest BCUT2D eigenvalue weighted by atomic mass is 32.2. The Morgan fingerprint density at radius 1 is 0.633 bits per heavy atom. The van der Waals surface area contributed by atoms with E-state index in [1.54, 1.807) is 0 Å². The van der Waals surface area contributed by atoms with Crippen molar-refractivity contribution in [1.82, 2.24) is 0 Å². The zero-order chi connectivity index (χ0) is 23.5. The SMILES string of the molecule is CCCCCCCCCC[NH3+].CCCCCCCCCC[NH3+].O=C([O-])CS(=O)(=O)[O-]. The number of carboxylic acids is 1. The molecule has 0 saturated heterocycles. The van der Waals surface area contributed by atoms with Crippen molar-refractivity contribution in [3.63, 3.8) is 0 Å². The summed E-state index contributed by atoms with van der Waals surface area (Å²) >= 11 is 0. The first-order valence-electron chi connectivity index (χ1n) is 12.0. The average molecular weight is 455 g/mol. The van der Waals surface area contributed by atoms with Crippen molar-refractivity contribution in [1.29, 1.82) is 0 Å². The molecule has 0 atom stereocenters. The first-order valence-corrected chi connectivity index (χ1v) is 13.5. The molecule has 7 nitrogen and oxygen atoms in total.